The number of rotatable bonds is 9. The Morgan fingerprint density at radius 3 is 2.49 bits per heavy atom. The molecule has 2 atom stereocenters. The normalized spacial score (nSPS) is 16.9. The van der Waals surface area contributed by atoms with E-state index in [-0.39, 0.29) is 23.0 Å². The number of nitrogens with zero attached hydrogens (tertiary/aromatic N) is 2. The number of thioether (sulfide) groups is 1. The highest BCUT2D eigenvalue weighted by Gasteiger charge is 2.43. The molecule has 9 heteroatoms. The van der Waals surface area contributed by atoms with Crippen LogP contribution in [0.25, 0.3) is 10.4 Å². The first-order valence-corrected chi connectivity index (χ1v) is 13.8. The topological polar surface area (TPSA) is 91.4 Å². The zero-order valence-electron chi connectivity index (χ0n) is 21.4. The highest BCUT2D eigenvalue weighted by Crippen LogP contribution is 2.34. The lowest BCUT2D eigenvalue weighted by molar-refractivity contribution is -0.141. The lowest BCUT2D eigenvalue weighted by atomic mass is 10.0. The second kappa shape index (κ2) is 11.6. The Morgan fingerprint density at radius 2 is 1.91 bits per heavy atom. The van der Waals surface area contributed by atoms with Crippen LogP contribution in [0.15, 0.2) is 29.8 Å². The van der Waals surface area contributed by atoms with Gasteiger partial charge in [-0.3, -0.25) is 14.4 Å². The van der Waals surface area contributed by atoms with Gasteiger partial charge in [-0.25, -0.2) is 4.98 Å². The second-order valence-corrected chi connectivity index (χ2v) is 12.9. The minimum Gasteiger partial charge on any atom is -0.350 e. The number of nitrogens with one attached hydrogen (secondary N) is 2. The first kappa shape index (κ1) is 27.2. The van der Waals surface area contributed by atoms with Gasteiger partial charge in [0.05, 0.1) is 16.1 Å². The molecule has 0 bridgehead atoms. The largest absolute Gasteiger partial charge is 0.350 e. The molecule has 35 heavy (non-hydrogen) atoms. The number of benzene rings is 1. The highest BCUT2D eigenvalue weighted by molar-refractivity contribution is 8.01. The maximum absolute atomic E-state index is 13.6. The van der Waals surface area contributed by atoms with Crippen LogP contribution in [-0.4, -0.2) is 56.2 Å². The molecule has 7 nitrogen and oxygen atoms in total. The van der Waals surface area contributed by atoms with Crippen molar-refractivity contribution < 1.29 is 14.4 Å². The first-order valence-electron chi connectivity index (χ1n) is 12.0. The Balaban J connectivity index is 1.66. The van der Waals surface area contributed by atoms with Gasteiger partial charge >= 0.3 is 0 Å². The van der Waals surface area contributed by atoms with Crippen molar-refractivity contribution in [1.29, 1.82) is 0 Å². The molecule has 0 aliphatic carbocycles. The summed E-state index contributed by atoms with van der Waals surface area (Å²) in [6.07, 6.45) is 1.38. The van der Waals surface area contributed by atoms with E-state index < -0.39 is 16.8 Å². The lowest BCUT2D eigenvalue weighted by Gasteiger charge is -2.38. The van der Waals surface area contributed by atoms with Crippen molar-refractivity contribution in [1.82, 2.24) is 20.5 Å². The van der Waals surface area contributed by atoms with Crippen LogP contribution in [0.3, 0.4) is 0 Å². The van der Waals surface area contributed by atoms with Crippen LogP contribution >= 0.6 is 23.1 Å². The molecule has 2 heterocycles. The van der Waals surface area contributed by atoms with E-state index in [0.29, 0.717) is 19.5 Å². The van der Waals surface area contributed by atoms with E-state index in [1.165, 1.54) is 6.92 Å². The summed E-state index contributed by atoms with van der Waals surface area (Å²) >= 11 is 3.26. The molecule has 2 aromatic rings. The summed E-state index contributed by atoms with van der Waals surface area (Å²) in [5.41, 5.74) is 4.95. The molecular formula is C26H36N4O3S2. The summed E-state index contributed by atoms with van der Waals surface area (Å²) in [4.78, 5) is 45.7. The van der Waals surface area contributed by atoms with Crippen molar-refractivity contribution in [2.24, 2.45) is 0 Å². The molecule has 0 saturated carbocycles. The van der Waals surface area contributed by atoms with Gasteiger partial charge in [-0.1, -0.05) is 38.1 Å². The summed E-state index contributed by atoms with van der Waals surface area (Å²) in [5, 5.41) is 6.15. The number of carbonyl (C=O) groups is 3. The Bertz CT molecular complexity index is 1050. The number of hydrogen-bond donors (Lipinski definition) is 2. The highest BCUT2D eigenvalue weighted by atomic mass is 32.2. The molecule has 1 fully saturated rings. The van der Waals surface area contributed by atoms with E-state index in [4.69, 9.17) is 0 Å². The molecule has 1 aromatic heterocycles. The number of aromatic nitrogens is 1. The minimum absolute atomic E-state index is 0.158. The summed E-state index contributed by atoms with van der Waals surface area (Å²) in [7, 11) is 0. The fourth-order valence-corrected chi connectivity index (χ4v) is 6.86. The molecule has 1 aliphatic heterocycles. The predicted octanol–water partition coefficient (Wildman–Crippen LogP) is 4.15. The fraction of sp³-hybridized carbons (Fsp3) is 0.538. The average Bonchev–Trinajstić information content (AvgIpc) is 3.44. The molecule has 3 rings (SSSR count). The quantitative estimate of drug-likeness (QED) is 0.523. The fourth-order valence-electron chi connectivity index (χ4n) is 4.54. The van der Waals surface area contributed by atoms with E-state index in [1.807, 2.05) is 50.5 Å². The molecular weight excluding hydrogens is 480 g/mol. The van der Waals surface area contributed by atoms with Gasteiger partial charge in [0.2, 0.25) is 17.7 Å². The number of likely N-dealkylation sites (tertiary alicyclic amines) is 1. The lowest BCUT2D eigenvalue weighted by Crippen LogP contribution is -2.59. The van der Waals surface area contributed by atoms with E-state index in [9.17, 15) is 14.4 Å². The van der Waals surface area contributed by atoms with Crippen molar-refractivity contribution in [2.75, 3.05) is 6.54 Å². The number of amides is 3. The standard InChI is InChI=1S/C26H36N4O3S2/c1-16(2)35-26(5,6)23(29-18(4)31)25(33)30-13-7-8-21(30)24(32)27-14-19-9-11-20(12-10-19)22-17(3)28-15-34-22/h9-12,15-16,21,23H,7-8,13-14H2,1-6H3,(H,27,32)(H,29,31). The number of aryl methyl sites for hydroxylation is 1. The number of carbonyl (C=O) groups excluding carboxylic acids is 3. The Kier molecular flexibility index (Phi) is 8.99. The van der Waals surface area contributed by atoms with Gasteiger partial charge in [0.15, 0.2) is 0 Å². The van der Waals surface area contributed by atoms with E-state index in [0.717, 1.165) is 28.1 Å². The van der Waals surface area contributed by atoms with Crippen molar-refractivity contribution >= 4 is 40.8 Å². The van der Waals surface area contributed by atoms with Crippen LogP contribution in [0.5, 0.6) is 0 Å². The van der Waals surface area contributed by atoms with Crippen LogP contribution in [0, 0.1) is 6.92 Å². The Morgan fingerprint density at radius 1 is 1.23 bits per heavy atom. The van der Waals surface area contributed by atoms with Crippen molar-refractivity contribution in [3.63, 3.8) is 0 Å². The molecule has 0 radical (unpaired) electrons. The van der Waals surface area contributed by atoms with Crippen molar-refractivity contribution in [3.8, 4) is 10.4 Å². The minimum atomic E-state index is -0.705. The van der Waals surface area contributed by atoms with Crippen LogP contribution in [0.1, 0.15) is 58.7 Å². The third-order valence-corrected chi connectivity index (χ3v) is 8.39. The molecule has 3 amide bonds. The number of thiazole rings is 1. The molecule has 1 aliphatic rings. The molecule has 2 unspecified atom stereocenters. The summed E-state index contributed by atoms with van der Waals surface area (Å²) in [6, 6.07) is 6.86. The van der Waals surface area contributed by atoms with Crippen LogP contribution < -0.4 is 10.6 Å². The van der Waals surface area contributed by atoms with E-state index in [1.54, 1.807) is 28.0 Å². The van der Waals surface area contributed by atoms with Crippen LogP contribution in [0.4, 0.5) is 0 Å². The zero-order valence-corrected chi connectivity index (χ0v) is 23.0. The van der Waals surface area contributed by atoms with E-state index >= 15 is 0 Å². The van der Waals surface area contributed by atoms with Gasteiger partial charge in [-0.05, 0) is 50.0 Å². The predicted molar refractivity (Wildman–Crippen MR) is 143 cm³/mol. The van der Waals surface area contributed by atoms with Crippen LogP contribution in [0.2, 0.25) is 0 Å². The van der Waals surface area contributed by atoms with Gasteiger partial charge in [-0.2, -0.15) is 11.8 Å². The van der Waals surface area contributed by atoms with Crippen molar-refractivity contribution in [3.05, 3.63) is 41.0 Å². The Hall–Kier alpha value is -2.39. The van der Waals surface area contributed by atoms with Gasteiger partial charge in [0, 0.05) is 24.8 Å². The maximum atomic E-state index is 13.6. The second-order valence-electron chi connectivity index (χ2n) is 9.77. The first-order chi connectivity index (χ1) is 16.5. The molecule has 1 saturated heterocycles. The zero-order chi connectivity index (χ0) is 25.8. The summed E-state index contributed by atoms with van der Waals surface area (Å²) < 4.78 is -0.515. The summed E-state index contributed by atoms with van der Waals surface area (Å²) in [6.45, 7) is 12.4. The molecule has 2 N–H and O–H groups in total. The maximum Gasteiger partial charge on any atom is 0.247 e. The van der Waals surface area contributed by atoms with Crippen LogP contribution in [-0.2, 0) is 20.9 Å². The SMILES string of the molecule is CC(=O)NC(C(=O)N1CCCC1C(=O)NCc1ccc(-c2scnc2C)cc1)C(C)(C)SC(C)C. The van der Waals surface area contributed by atoms with Gasteiger partial charge in [0.25, 0.3) is 0 Å². The summed E-state index contributed by atoms with van der Waals surface area (Å²) in [5.74, 6) is -0.604. The smallest absolute Gasteiger partial charge is 0.247 e. The van der Waals surface area contributed by atoms with Gasteiger partial charge in [-0.15, -0.1) is 11.3 Å². The third kappa shape index (κ3) is 6.85. The Labute approximate surface area is 216 Å². The average molecular weight is 517 g/mol. The van der Waals surface area contributed by atoms with Crippen molar-refractivity contribution in [2.45, 2.75) is 83.0 Å². The molecule has 1 aromatic carbocycles. The van der Waals surface area contributed by atoms with Gasteiger partial charge in [0.1, 0.15) is 12.1 Å². The number of hydrogen-bond acceptors (Lipinski definition) is 6. The molecule has 190 valence electrons. The monoisotopic (exact) mass is 516 g/mol. The van der Waals surface area contributed by atoms with Gasteiger partial charge < -0.3 is 15.5 Å². The van der Waals surface area contributed by atoms with E-state index in [2.05, 4.69) is 29.5 Å². The molecule has 0 spiro atoms. The third-order valence-electron chi connectivity index (χ3n) is 6.10.